The zero-order chi connectivity index (χ0) is 9.80. The van der Waals surface area contributed by atoms with Gasteiger partial charge in [-0.15, -0.1) is 0 Å². The van der Waals surface area contributed by atoms with E-state index >= 15 is 0 Å². The van der Waals surface area contributed by atoms with E-state index in [1.54, 1.807) is 6.20 Å². The van der Waals surface area contributed by atoms with E-state index in [4.69, 9.17) is 5.11 Å². The monoisotopic (exact) mass is 192 g/mol. The number of nitrogens with zero attached hydrogens (tertiary/aromatic N) is 2. The van der Waals surface area contributed by atoms with Gasteiger partial charge in [-0.1, -0.05) is 6.07 Å². The highest BCUT2D eigenvalue weighted by molar-refractivity contribution is 5.08. The van der Waals surface area contributed by atoms with Gasteiger partial charge in [0.05, 0.1) is 6.61 Å². The normalized spacial score (nSPS) is 22.8. The first-order chi connectivity index (χ1) is 6.90. The van der Waals surface area contributed by atoms with Gasteiger partial charge in [0.2, 0.25) is 0 Å². The minimum atomic E-state index is 0.278. The number of rotatable bonds is 3. The average molecular weight is 192 g/mol. The van der Waals surface area contributed by atoms with Crippen LogP contribution in [0.3, 0.4) is 0 Å². The molecule has 0 radical (unpaired) electrons. The molecule has 0 amide bonds. The number of likely N-dealkylation sites (tertiary alicyclic amines) is 1. The van der Waals surface area contributed by atoms with Gasteiger partial charge in [0.15, 0.2) is 0 Å². The summed E-state index contributed by atoms with van der Waals surface area (Å²) in [7, 11) is 0. The third-order valence-corrected chi connectivity index (χ3v) is 2.82. The van der Waals surface area contributed by atoms with Crippen molar-refractivity contribution in [3.63, 3.8) is 0 Å². The first-order valence-corrected chi connectivity index (χ1v) is 5.14. The quantitative estimate of drug-likeness (QED) is 0.777. The lowest BCUT2D eigenvalue weighted by molar-refractivity contribution is 0.153. The summed E-state index contributed by atoms with van der Waals surface area (Å²) in [5, 5.41) is 9.16. The van der Waals surface area contributed by atoms with Crippen LogP contribution in [0.4, 0.5) is 0 Å². The van der Waals surface area contributed by atoms with Gasteiger partial charge in [-0.25, -0.2) is 0 Å². The zero-order valence-corrected chi connectivity index (χ0v) is 8.26. The molecular formula is C11H16N2O. The van der Waals surface area contributed by atoms with Crippen molar-refractivity contribution < 1.29 is 5.11 Å². The number of pyridine rings is 1. The summed E-state index contributed by atoms with van der Waals surface area (Å²) < 4.78 is 0. The van der Waals surface area contributed by atoms with Gasteiger partial charge in [0.25, 0.3) is 0 Å². The number of aliphatic hydroxyl groups excluding tert-OH is 1. The molecule has 1 aliphatic rings. The minimum absolute atomic E-state index is 0.278. The number of hydrogen-bond acceptors (Lipinski definition) is 3. The smallest absolute Gasteiger partial charge is 0.0587 e. The molecule has 3 nitrogen and oxygen atoms in total. The molecule has 1 N–H and O–H groups in total. The van der Waals surface area contributed by atoms with E-state index in [9.17, 15) is 0 Å². The van der Waals surface area contributed by atoms with Gasteiger partial charge in [-0.2, -0.15) is 0 Å². The van der Waals surface area contributed by atoms with Crippen LogP contribution in [0.25, 0.3) is 0 Å². The maximum atomic E-state index is 9.16. The van der Waals surface area contributed by atoms with E-state index < -0.39 is 0 Å². The molecule has 0 spiro atoms. The summed E-state index contributed by atoms with van der Waals surface area (Å²) in [5.74, 6) is 0. The third-order valence-electron chi connectivity index (χ3n) is 2.82. The fourth-order valence-electron chi connectivity index (χ4n) is 2.04. The van der Waals surface area contributed by atoms with Crippen LogP contribution in [0, 0.1) is 0 Å². The third kappa shape index (κ3) is 2.11. The molecule has 1 aromatic rings. The Hall–Kier alpha value is -0.930. The summed E-state index contributed by atoms with van der Waals surface area (Å²) in [6.07, 6.45) is 6.01. The molecule has 0 aliphatic carbocycles. The zero-order valence-electron chi connectivity index (χ0n) is 8.26. The molecule has 0 saturated carbocycles. The molecule has 3 heteroatoms. The predicted octanol–water partition coefficient (Wildman–Crippen LogP) is 1.04. The second-order valence-corrected chi connectivity index (χ2v) is 3.81. The Morgan fingerprint density at radius 2 is 2.50 bits per heavy atom. The summed E-state index contributed by atoms with van der Waals surface area (Å²) in [6, 6.07) is 4.40. The van der Waals surface area contributed by atoms with Crippen molar-refractivity contribution in [2.75, 3.05) is 13.2 Å². The highest BCUT2D eigenvalue weighted by Gasteiger charge is 2.23. The summed E-state index contributed by atoms with van der Waals surface area (Å²) in [5.41, 5.74) is 1.23. The summed E-state index contributed by atoms with van der Waals surface area (Å²) >= 11 is 0. The number of aromatic nitrogens is 1. The van der Waals surface area contributed by atoms with Crippen molar-refractivity contribution in [2.45, 2.75) is 25.4 Å². The fraction of sp³-hybridized carbons (Fsp3) is 0.545. The van der Waals surface area contributed by atoms with Crippen molar-refractivity contribution >= 4 is 0 Å². The van der Waals surface area contributed by atoms with Crippen LogP contribution >= 0.6 is 0 Å². The van der Waals surface area contributed by atoms with Crippen molar-refractivity contribution in [3.05, 3.63) is 30.1 Å². The number of hydrogen-bond donors (Lipinski definition) is 1. The lowest BCUT2D eigenvalue weighted by Crippen LogP contribution is -2.31. The van der Waals surface area contributed by atoms with Crippen LogP contribution in [-0.2, 0) is 6.54 Å². The summed E-state index contributed by atoms with van der Waals surface area (Å²) in [4.78, 5) is 6.42. The highest BCUT2D eigenvalue weighted by atomic mass is 16.3. The molecule has 0 aromatic carbocycles. The Bertz CT molecular complexity index is 276. The fourth-order valence-corrected chi connectivity index (χ4v) is 2.04. The molecule has 76 valence electrons. The SMILES string of the molecule is OCC1CCCN1Cc1cccnc1. The van der Waals surface area contributed by atoms with E-state index in [1.165, 1.54) is 12.0 Å². The van der Waals surface area contributed by atoms with Gasteiger partial charge in [0.1, 0.15) is 0 Å². The molecule has 0 bridgehead atoms. The maximum Gasteiger partial charge on any atom is 0.0587 e. The molecular weight excluding hydrogens is 176 g/mol. The minimum Gasteiger partial charge on any atom is -0.395 e. The van der Waals surface area contributed by atoms with E-state index in [0.717, 1.165) is 19.5 Å². The largest absolute Gasteiger partial charge is 0.395 e. The van der Waals surface area contributed by atoms with Crippen LogP contribution in [0.1, 0.15) is 18.4 Å². The maximum absolute atomic E-state index is 9.16. The molecule has 1 unspecified atom stereocenters. The van der Waals surface area contributed by atoms with Crippen LogP contribution in [0.2, 0.25) is 0 Å². The van der Waals surface area contributed by atoms with Crippen molar-refractivity contribution in [2.24, 2.45) is 0 Å². The van der Waals surface area contributed by atoms with Gasteiger partial charge in [-0.3, -0.25) is 9.88 Å². The topological polar surface area (TPSA) is 36.4 Å². The Kier molecular flexibility index (Phi) is 3.11. The Balaban J connectivity index is 1.97. The number of aliphatic hydroxyl groups is 1. The van der Waals surface area contributed by atoms with E-state index in [0.29, 0.717) is 6.04 Å². The molecule has 1 aliphatic heterocycles. The predicted molar refractivity (Wildman–Crippen MR) is 54.8 cm³/mol. The second kappa shape index (κ2) is 4.53. The van der Waals surface area contributed by atoms with Crippen LogP contribution in [0.15, 0.2) is 24.5 Å². The van der Waals surface area contributed by atoms with Gasteiger partial charge in [-0.05, 0) is 31.0 Å². The van der Waals surface area contributed by atoms with Crippen molar-refractivity contribution in [1.82, 2.24) is 9.88 Å². The van der Waals surface area contributed by atoms with Gasteiger partial charge >= 0.3 is 0 Å². The Morgan fingerprint density at radius 1 is 1.57 bits per heavy atom. The van der Waals surface area contributed by atoms with Gasteiger partial charge < -0.3 is 5.11 Å². The first kappa shape index (κ1) is 9.62. The van der Waals surface area contributed by atoms with Crippen LogP contribution in [-0.4, -0.2) is 34.2 Å². The van der Waals surface area contributed by atoms with Crippen LogP contribution in [0.5, 0.6) is 0 Å². The molecule has 1 saturated heterocycles. The average Bonchev–Trinajstić information content (AvgIpc) is 2.67. The Labute approximate surface area is 84.4 Å². The molecule has 2 rings (SSSR count). The molecule has 1 aromatic heterocycles. The standard InChI is InChI=1S/C11H16N2O/c14-9-11-4-2-6-13(11)8-10-3-1-5-12-7-10/h1,3,5,7,11,14H,2,4,6,8-9H2. The molecule has 2 heterocycles. The molecule has 1 atom stereocenters. The van der Waals surface area contributed by atoms with E-state index in [-0.39, 0.29) is 6.61 Å². The van der Waals surface area contributed by atoms with Crippen molar-refractivity contribution in [3.8, 4) is 0 Å². The van der Waals surface area contributed by atoms with Crippen molar-refractivity contribution in [1.29, 1.82) is 0 Å². The second-order valence-electron chi connectivity index (χ2n) is 3.81. The lowest BCUT2D eigenvalue weighted by atomic mass is 10.2. The lowest BCUT2D eigenvalue weighted by Gasteiger charge is -2.22. The first-order valence-electron chi connectivity index (χ1n) is 5.14. The Morgan fingerprint density at radius 3 is 3.21 bits per heavy atom. The molecule has 1 fully saturated rings. The summed E-state index contributed by atoms with van der Waals surface area (Å²) in [6.45, 7) is 2.29. The van der Waals surface area contributed by atoms with Gasteiger partial charge in [0, 0.05) is 25.0 Å². The highest BCUT2D eigenvalue weighted by Crippen LogP contribution is 2.18. The van der Waals surface area contributed by atoms with Crippen LogP contribution < -0.4 is 0 Å². The molecule has 14 heavy (non-hydrogen) atoms. The van der Waals surface area contributed by atoms with E-state index in [1.807, 2.05) is 12.3 Å². The van der Waals surface area contributed by atoms with E-state index in [2.05, 4.69) is 16.0 Å².